The lowest BCUT2D eigenvalue weighted by atomic mass is 9.73. The minimum Gasteiger partial charge on any atom is -0.381 e. The number of carbonyl (C=O) groups is 1. The summed E-state index contributed by atoms with van der Waals surface area (Å²) in [5.74, 6) is 0.0881. The average Bonchev–Trinajstić information content (AvgIpc) is 3.13. The number of fused-ring (bicyclic) bond motifs is 1. The Morgan fingerprint density at radius 1 is 1.35 bits per heavy atom. The van der Waals surface area contributed by atoms with Gasteiger partial charge in [0.25, 0.3) is 0 Å². The zero-order chi connectivity index (χ0) is 22.6. The molecule has 31 heavy (non-hydrogen) atoms. The van der Waals surface area contributed by atoms with E-state index in [1.165, 1.54) is 6.07 Å². The van der Waals surface area contributed by atoms with E-state index < -0.39 is 11.7 Å². The minimum absolute atomic E-state index is 0.0881. The van der Waals surface area contributed by atoms with Gasteiger partial charge in [0.1, 0.15) is 0 Å². The van der Waals surface area contributed by atoms with Gasteiger partial charge >= 0.3 is 12.2 Å². The smallest absolute Gasteiger partial charge is 0.381 e. The number of rotatable bonds is 6. The Morgan fingerprint density at radius 2 is 2.13 bits per heavy atom. The number of hydrogen-bond donors (Lipinski definition) is 1. The Balaban J connectivity index is 1.84. The fourth-order valence-corrected chi connectivity index (χ4v) is 4.61. The molecule has 1 aromatic carbocycles. The predicted octanol–water partition coefficient (Wildman–Crippen LogP) is 3.86. The summed E-state index contributed by atoms with van der Waals surface area (Å²) in [7, 11) is 0. The Morgan fingerprint density at radius 3 is 2.77 bits per heavy atom. The first-order valence-corrected chi connectivity index (χ1v) is 10.7. The number of nitriles is 1. The summed E-state index contributed by atoms with van der Waals surface area (Å²) >= 11 is 0. The van der Waals surface area contributed by atoms with Crippen LogP contribution in [0.1, 0.15) is 37.8 Å². The van der Waals surface area contributed by atoms with Crippen molar-refractivity contribution in [1.29, 1.82) is 5.26 Å². The molecule has 2 aliphatic rings. The summed E-state index contributed by atoms with van der Waals surface area (Å²) in [6.45, 7) is 7.82. The third kappa shape index (κ3) is 4.90. The number of hydrogen-bond acceptors (Lipinski definition) is 4. The molecule has 2 amide bonds. The van der Waals surface area contributed by atoms with E-state index in [0.717, 1.165) is 18.9 Å². The number of benzene rings is 1. The SMILES string of the molecule is CCCNC(=O)N1CC[C@@]2(COCC)CN(c3ccc(C#N)c(C(F)(F)F)c3)C[C@H]2C1. The molecule has 6 nitrogen and oxygen atoms in total. The van der Waals surface area contributed by atoms with E-state index in [-0.39, 0.29) is 22.9 Å². The molecule has 3 rings (SSSR count). The Hall–Kier alpha value is -2.47. The molecular formula is C22H29F3N4O2. The molecule has 0 saturated carbocycles. The number of likely N-dealkylation sites (tertiary alicyclic amines) is 1. The van der Waals surface area contributed by atoms with Crippen LogP contribution < -0.4 is 10.2 Å². The molecule has 0 spiro atoms. The number of urea groups is 1. The van der Waals surface area contributed by atoms with Gasteiger partial charge in [-0.25, -0.2) is 4.79 Å². The molecule has 0 aliphatic carbocycles. The van der Waals surface area contributed by atoms with Crippen molar-refractivity contribution in [2.45, 2.75) is 32.9 Å². The molecule has 2 heterocycles. The van der Waals surface area contributed by atoms with Crippen LogP contribution in [0.3, 0.4) is 0 Å². The predicted molar refractivity (Wildman–Crippen MR) is 111 cm³/mol. The van der Waals surface area contributed by atoms with Crippen LogP contribution in [0.2, 0.25) is 0 Å². The van der Waals surface area contributed by atoms with Crippen LogP contribution >= 0.6 is 0 Å². The van der Waals surface area contributed by atoms with Crippen molar-refractivity contribution >= 4 is 11.7 Å². The lowest BCUT2D eigenvalue weighted by molar-refractivity contribution is -0.137. The first-order chi connectivity index (χ1) is 14.7. The maximum atomic E-state index is 13.4. The summed E-state index contributed by atoms with van der Waals surface area (Å²) in [5, 5.41) is 12.0. The summed E-state index contributed by atoms with van der Waals surface area (Å²) in [4.78, 5) is 16.2. The molecular weight excluding hydrogens is 409 g/mol. The zero-order valence-electron chi connectivity index (χ0n) is 18.0. The number of nitrogens with zero attached hydrogens (tertiary/aromatic N) is 3. The number of anilines is 1. The molecule has 1 N–H and O–H groups in total. The maximum absolute atomic E-state index is 13.4. The molecule has 0 unspecified atom stereocenters. The van der Waals surface area contributed by atoms with Gasteiger partial charge in [0, 0.05) is 56.4 Å². The second kappa shape index (κ2) is 9.35. The summed E-state index contributed by atoms with van der Waals surface area (Å²) < 4.78 is 46.1. The Kier molecular flexibility index (Phi) is 6.99. The second-order valence-electron chi connectivity index (χ2n) is 8.34. The molecule has 2 atom stereocenters. The largest absolute Gasteiger partial charge is 0.417 e. The number of nitrogens with one attached hydrogen (secondary N) is 1. The molecule has 2 saturated heterocycles. The molecule has 0 aromatic heterocycles. The van der Waals surface area contributed by atoms with E-state index in [1.54, 1.807) is 17.0 Å². The van der Waals surface area contributed by atoms with E-state index in [9.17, 15) is 18.0 Å². The van der Waals surface area contributed by atoms with Crippen molar-refractivity contribution in [1.82, 2.24) is 10.2 Å². The van der Waals surface area contributed by atoms with Crippen LogP contribution in [0.25, 0.3) is 0 Å². The highest BCUT2D eigenvalue weighted by atomic mass is 19.4. The lowest BCUT2D eigenvalue weighted by Gasteiger charge is -2.43. The maximum Gasteiger partial charge on any atom is 0.417 e. The molecule has 9 heteroatoms. The monoisotopic (exact) mass is 438 g/mol. The van der Waals surface area contributed by atoms with Gasteiger partial charge in [0.05, 0.1) is 23.8 Å². The van der Waals surface area contributed by atoms with Gasteiger partial charge < -0.3 is 19.9 Å². The quantitative estimate of drug-likeness (QED) is 0.732. The lowest BCUT2D eigenvalue weighted by Crippen LogP contribution is -2.53. The van der Waals surface area contributed by atoms with E-state index in [1.807, 2.05) is 18.7 Å². The first-order valence-electron chi connectivity index (χ1n) is 10.7. The number of carbonyl (C=O) groups excluding carboxylic acids is 1. The fraction of sp³-hybridized carbons (Fsp3) is 0.636. The van der Waals surface area contributed by atoms with Crippen molar-refractivity contribution in [3.05, 3.63) is 29.3 Å². The number of ether oxygens (including phenoxy) is 1. The number of piperidine rings is 1. The highest BCUT2D eigenvalue weighted by Gasteiger charge is 2.50. The fourth-order valence-electron chi connectivity index (χ4n) is 4.61. The van der Waals surface area contributed by atoms with E-state index >= 15 is 0 Å². The number of halogens is 3. The Labute approximate surface area is 180 Å². The van der Waals surface area contributed by atoms with Gasteiger partial charge in [-0.2, -0.15) is 18.4 Å². The number of alkyl halides is 3. The van der Waals surface area contributed by atoms with E-state index in [0.29, 0.717) is 51.6 Å². The third-order valence-corrected chi connectivity index (χ3v) is 6.33. The standard InChI is InChI=1S/C22H29F3N4O2/c1-3-8-27-20(30)28-9-7-21(15-31-4-2)14-29(13-17(21)12-28)18-6-5-16(11-26)19(10-18)22(23,24)25/h5-6,10,17H,3-4,7-9,12-15H2,1-2H3,(H,27,30)/t17-,21+/m1/s1. The highest BCUT2D eigenvalue weighted by molar-refractivity contribution is 5.74. The normalized spacial score (nSPS) is 23.4. The van der Waals surface area contributed by atoms with Crippen LogP contribution in [-0.2, 0) is 10.9 Å². The zero-order valence-corrected chi connectivity index (χ0v) is 18.0. The van der Waals surface area contributed by atoms with E-state index in [2.05, 4.69) is 5.32 Å². The molecule has 0 bridgehead atoms. The second-order valence-corrected chi connectivity index (χ2v) is 8.34. The van der Waals surface area contributed by atoms with E-state index in [4.69, 9.17) is 10.00 Å². The Bertz CT molecular complexity index is 839. The summed E-state index contributed by atoms with van der Waals surface area (Å²) in [6.07, 6.45) is -3.01. The van der Waals surface area contributed by atoms with Crippen LogP contribution in [0.15, 0.2) is 18.2 Å². The molecule has 170 valence electrons. The van der Waals surface area contributed by atoms with Gasteiger partial charge in [-0.05, 0) is 38.0 Å². The highest BCUT2D eigenvalue weighted by Crippen LogP contribution is 2.45. The molecule has 1 aromatic rings. The van der Waals surface area contributed by atoms with Crippen molar-refractivity contribution in [2.75, 3.05) is 50.8 Å². The minimum atomic E-state index is -4.59. The van der Waals surface area contributed by atoms with Crippen molar-refractivity contribution < 1.29 is 22.7 Å². The van der Waals surface area contributed by atoms with Crippen LogP contribution in [0, 0.1) is 22.7 Å². The topological polar surface area (TPSA) is 68.6 Å². The van der Waals surface area contributed by atoms with Gasteiger partial charge in [0.2, 0.25) is 0 Å². The van der Waals surface area contributed by atoms with Crippen LogP contribution in [0.4, 0.5) is 23.7 Å². The van der Waals surface area contributed by atoms with Gasteiger partial charge in [0.15, 0.2) is 0 Å². The summed E-state index contributed by atoms with van der Waals surface area (Å²) in [5.41, 5.74) is -1.07. The van der Waals surface area contributed by atoms with Crippen molar-refractivity contribution in [3.8, 4) is 6.07 Å². The van der Waals surface area contributed by atoms with Crippen LogP contribution in [-0.4, -0.2) is 56.9 Å². The van der Waals surface area contributed by atoms with Gasteiger partial charge in [-0.15, -0.1) is 0 Å². The van der Waals surface area contributed by atoms with Crippen LogP contribution in [0.5, 0.6) is 0 Å². The number of amides is 2. The molecule has 0 radical (unpaired) electrons. The summed E-state index contributed by atoms with van der Waals surface area (Å²) in [6, 6.07) is 5.41. The van der Waals surface area contributed by atoms with Gasteiger partial charge in [-0.1, -0.05) is 6.92 Å². The third-order valence-electron chi connectivity index (χ3n) is 6.33. The molecule has 2 aliphatic heterocycles. The first kappa shape index (κ1) is 23.2. The molecule has 2 fully saturated rings. The van der Waals surface area contributed by atoms with Crippen molar-refractivity contribution in [3.63, 3.8) is 0 Å². The average molecular weight is 438 g/mol. The van der Waals surface area contributed by atoms with Gasteiger partial charge in [-0.3, -0.25) is 0 Å². The van der Waals surface area contributed by atoms with Crippen molar-refractivity contribution in [2.24, 2.45) is 11.3 Å².